The summed E-state index contributed by atoms with van der Waals surface area (Å²) in [5.74, 6) is 0.635. The number of carbonyl (C=O) groups excluding carboxylic acids is 1. The molecule has 1 rings (SSSR count). The van der Waals surface area contributed by atoms with E-state index in [9.17, 15) is 9.90 Å². The lowest BCUT2D eigenvalue weighted by atomic mass is 10.3. The summed E-state index contributed by atoms with van der Waals surface area (Å²) in [6, 6.07) is 7.24. The van der Waals surface area contributed by atoms with E-state index in [-0.39, 0.29) is 6.61 Å². The Kier molecular flexibility index (Phi) is 8.32. The number of nitrogens with one attached hydrogen (secondary N) is 2. The molecule has 1 aromatic rings. The molecule has 0 aromatic heterocycles. The number of amides is 1. The first-order valence-electron chi connectivity index (χ1n) is 7.59. The quantitative estimate of drug-likeness (QED) is 0.652. The number of carbonyl (C=O) groups is 1. The molecule has 0 aliphatic rings. The maximum atomic E-state index is 11.4. The number of benzene rings is 1. The van der Waals surface area contributed by atoms with E-state index < -0.39 is 12.2 Å². The zero-order chi connectivity index (χ0) is 16.4. The van der Waals surface area contributed by atoms with Crippen LogP contribution in [0.2, 0.25) is 0 Å². The second-order valence-electron chi connectivity index (χ2n) is 5.31. The lowest BCUT2D eigenvalue weighted by Gasteiger charge is -2.15. The molecule has 6 heteroatoms. The van der Waals surface area contributed by atoms with Gasteiger partial charge in [0.05, 0.1) is 6.61 Å². The summed E-state index contributed by atoms with van der Waals surface area (Å²) in [5.41, 5.74) is 0.635. The zero-order valence-corrected chi connectivity index (χ0v) is 13.5. The minimum atomic E-state index is -0.566. The van der Waals surface area contributed by atoms with E-state index in [4.69, 9.17) is 9.47 Å². The zero-order valence-electron chi connectivity index (χ0n) is 13.5. The van der Waals surface area contributed by atoms with Crippen molar-refractivity contribution < 1.29 is 19.4 Å². The summed E-state index contributed by atoms with van der Waals surface area (Å²) in [7, 11) is 0. The molecule has 1 unspecified atom stereocenters. The van der Waals surface area contributed by atoms with E-state index in [1.54, 1.807) is 24.3 Å². The molecular weight excluding hydrogens is 284 g/mol. The summed E-state index contributed by atoms with van der Waals surface area (Å²) >= 11 is 0. The van der Waals surface area contributed by atoms with Crippen molar-refractivity contribution >= 4 is 11.8 Å². The maximum Gasteiger partial charge on any atom is 0.411 e. The van der Waals surface area contributed by atoms with Crippen LogP contribution in [0.1, 0.15) is 27.2 Å². The van der Waals surface area contributed by atoms with E-state index in [1.165, 1.54) is 0 Å². The Morgan fingerprint density at radius 1 is 1.27 bits per heavy atom. The van der Waals surface area contributed by atoms with E-state index in [2.05, 4.69) is 10.6 Å². The lowest BCUT2D eigenvalue weighted by Crippen LogP contribution is -2.35. The summed E-state index contributed by atoms with van der Waals surface area (Å²) in [4.78, 5) is 11.4. The molecule has 22 heavy (non-hydrogen) atoms. The van der Waals surface area contributed by atoms with Gasteiger partial charge in [0, 0.05) is 18.3 Å². The second kappa shape index (κ2) is 10.0. The van der Waals surface area contributed by atoms with Crippen LogP contribution < -0.4 is 15.4 Å². The molecule has 0 aliphatic carbocycles. The van der Waals surface area contributed by atoms with E-state index >= 15 is 0 Å². The fourth-order valence-corrected chi connectivity index (χ4v) is 1.61. The average molecular weight is 310 g/mol. The van der Waals surface area contributed by atoms with Gasteiger partial charge in [-0.25, -0.2) is 4.79 Å². The van der Waals surface area contributed by atoms with Gasteiger partial charge in [-0.15, -0.1) is 0 Å². The number of hydrogen-bond acceptors (Lipinski definition) is 5. The molecule has 0 spiro atoms. The first-order valence-corrected chi connectivity index (χ1v) is 7.59. The van der Waals surface area contributed by atoms with Crippen LogP contribution in [0.15, 0.2) is 24.3 Å². The third-order valence-corrected chi connectivity index (χ3v) is 2.74. The minimum Gasteiger partial charge on any atom is -0.491 e. The molecule has 0 heterocycles. The molecule has 1 amide bonds. The highest BCUT2D eigenvalue weighted by molar-refractivity contribution is 5.84. The van der Waals surface area contributed by atoms with Crippen LogP contribution in [0.25, 0.3) is 0 Å². The average Bonchev–Trinajstić information content (AvgIpc) is 2.50. The van der Waals surface area contributed by atoms with Gasteiger partial charge in [-0.2, -0.15) is 0 Å². The Hall–Kier alpha value is -1.79. The molecule has 0 saturated heterocycles. The van der Waals surface area contributed by atoms with Crippen molar-refractivity contribution in [2.75, 3.05) is 25.1 Å². The van der Waals surface area contributed by atoms with Gasteiger partial charge in [0.1, 0.15) is 18.5 Å². The van der Waals surface area contributed by atoms with E-state index in [0.717, 1.165) is 6.42 Å². The van der Waals surface area contributed by atoms with Crippen molar-refractivity contribution in [2.24, 2.45) is 0 Å². The normalized spacial score (nSPS) is 12.0. The summed E-state index contributed by atoms with van der Waals surface area (Å²) in [6.07, 6.45) is -0.247. The Balaban J connectivity index is 2.33. The number of ether oxygens (including phenoxy) is 2. The Labute approximate surface area is 131 Å². The standard InChI is InChI=1S/C16H26N2O4/c1-4-9-21-16(20)18-13-5-7-15(8-6-13)22-11-14(19)10-17-12(2)3/h5-8,12,14,17,19H,4,9-11H2,1-3H3,(H,18,20). The number of anilines is 1. The molecule has 1 atom stereocenters. The van der Waals surface area contributed by atoms with Crippen molar-refractivity contribution in [3.63, 3.8) is 0 Å². The highest BCUT2D eigenvalue weighted by atomic mass is 16.5. The van der Waals surface area contributed by atoms with Crippen molar-refractivity contribution in [1.29, 1.82) is 0 Å². The van der Waals surface area contributed by atoms with Gasteiger partial charge in [-0.3, -0.25) is 5.32 Å². The van der Waals surface area contributed by atoms with Gasteiger partial charge < -0.3 is 19.9 Å². The van der Waals surface area contributed by atoms with Crippen molar-refractivity contribution in [3.8, 4) is 5.75 Å². The van der Waals surface area contributed by atoms with E-state index in [1.807, 2.05) is 20.8 Å². The highest BCUT2D eigenvalue weighted by Gasteiger charge is 2.07. The van der Waals surface area contributed by atoms with Crippen LogP contribution in [-0.2, 0) is 4.74 Å². The first kappa shape index (κ1) is 18.3. The predicted molar refractivity (Wildman–Crippen MR) is 86.3 cm³/mol. The monoisotopic (exact) mass is 310 g/mol. The predicted octanol–water partition coefficient (Wildman–Crippen LogP) is 2.38. The minimum absolute atomic E-state index is 0.213. The smallest absolute Gasteiger partial charge is 0.411 e. The van der Waals surface area contributed by atoms with Crippen LogP contribution in [0.3, 0.4) is 0 Å². The van der Waals surface area contributed by atoms with Gasteiger partial charge in [0.2, 0.25) is 0 Å². The van der Waals surface area contributed by atoms with E-state index in [0.29, 0.717) is 30.6 Å². The molecule has 0 fully saturated rings. The highest BCUT2D eigenvalue weighted by Crippen LogP contribution is 2.16. The number of hydrogen-bond donors (Lipinski definition) is 3. The number of aliphatic hydroxyl groups is 1. The van der Waals surface area contributed by atoms with Crippen molar-refractivity contribution in [1.82, 2.24) is 5.32 Å². The third kappa shape index (κ3) is 7.85. The number of rotatable bonds is 9. The molecule has 0 aliphatic heterocycles. The summed E-state index contributed by atoms with van der Waals surface area (Å²) < 4.78 is 10.4. The molecule has 1 aromatic carbocycles. The van der Waals surface area contributed by atoms with Crippen LogP contribution >= 0.6 is 0 Å². The van der Waals surface area contributed by atoms with Crippen LogP contribution in [0.5, 0.6) is 5.75 Å². The maximum absolute atomic E-state index is 11.4. The van der Waals surface area contributed by atoms with Crippen LogP contribution in [0, 0.1) is 0 Å². The molecule has 3 N–H and O–H groups in total. The first-order chi connectivity index (χ1) is 10.5. The summed E-state index contributed by atoms with van der Waals surface area (Å²) in [5, 5.41) is 15.5. The fourth-order valence-electron chi connectivity index (χ4n) is 1.61. The Morgan fingerprint density at radius 2 is 1.95 bits per heavy atom. The topological polar surface area (TPSA) is 79.8 Å². The summed E-state index contributed by atoms with van der Waals surface area (Å²) in [6.45, 7) is 7.07. The van der Waals surface area contributed by atoms with Gasteiger partial charge in [0.15, 0.2) is 0 Å². The largest absolute Gasteiger partial charge is 0.491 e. The second-order valence-corrected chi connectivity index (χ2v) is 5.31. The molecule has 6 nitrogen and oxygen atoms in total. The molecular formula is C16H26N2O4. The van der Waals surface area contributed by atoms with Crippen molar-refractivity contribution in [3.05, 3.63) is 24.3 Å². The molecule has 0 bridgehead atoms. The van der Waals surface area contributed by atoms with Gasteiger partial charge in [-0.05, 0) is 30.7 Å². The lowest BCUT2D eigenvalue weighted by molar-refractivity contribution is 0.104. The van der Waals surface area contributed by atoms with Gasteiger partial charge >= 0.3 is 6.09 Å². The SMILES string of the molecule is CCCOC(=O)Nc1ccc(OCC(O)CNC(C)C)cc1. The third-order valence-electron chi connectivity index (χ3n) is 2.74. The molecule has 0 saturated carbocycles. The Bertz CT molecular complexity index is 434. The Morgan fingerprint density at radius 3 is 2.55 bits per heavy atom. The number of aliphatic hydroxyl groups excluding tert-OH is 1. The molecule has 0 radical (unpaired) electrons. The van der Waals surface area contributed by atoms with Gasteiger partial charge in [0.25, 0.3) is 0 Å². The van der Waals surface area contributed by atoms with Crippen molar-refractivity contribution in [2.45, 2.75) is 39.3 Å². The van der Waals surface area contributed by atoms with Crippen LogP contribution in [-0.4, -0.2) is 43.1 Å². The van der Waals surface area contributed by atoms with Crippen LogP contribution in [0.4, 0.5) is 10.5 Å². The van der Waals surface area contributed by atoms with Gasteiger partial charge in [-0.1, -0.05) is 20.8 Å². The molecule has 124 valence electrons. The fraction of sp³-hybridized carbons (Fsp3) is 0.562.